The van der Waals surface area contributed by atoms with Gasteiger partial charge in [0, 0.05) is 0 Å². The first-order chi connectivity index (χ1) is 9.75. The fourth-order valence-corrected chi connectivity index (χ4v) is 4.26. The summed E-state index contributed by atoms with van der Waals surface area (Å²) < 4.78 is 23.6. The lowest BCUT2D eigenvalue weighted by atomic mass is 9.99. The zero-order valence-electron chi connectivity index (χ0n) is 11.0. The number of rotatable bonds is 2. The molecule has 8 heteroatoms. The normalized spacial score (nSPS) is 57.3. The van der Waals surface area contributed by atoms with Crippen molar-refractivity contribution in [2.24, 2.45) is 0 Å². The van der Waals surface area contributed by atoms with E-state index in [2.05, 4.69) is 9.80 Å². The van der Waals surface area contributed by atoms with Crippen LogP contribution in [0.5, 0.6) is 0 Å². The van der Waals surface area contributed by atoms with E-state index in [0.717, 1.165) is 0 Å². The van der Waals surface area contributed by atoms with Crippen molar-refractivity contribution in [2.75, 3.05) is 39.6 Å². The van der Waals surface area contributed by atoms with E-state index in [0.29, 0.717) is 26.4 Å². The quantitative estimate of drug-likeness (QED) is 0.576. The molecule has 0 amide bonds. The van der Waals surface area contributed by atoms with Crippen LogP contribution in [0.1, 0.15) is 0 Å². The summed E-state index contributed by atoms with van der Waals surface area (Å²) in [7, 11) is 0. The molecule has 0 aromatic rings. The van der Waals surface area contributed by atoms with Crippen molar-refractivity contribution in [1.82, 2.24) is 9.80 Å². The van der Waals surface area contributed by atoms with Crippen LogP contribution >= 0.6 is 0 Å². The number of nitrogens with zero attached hydrogens (tertiary/aromatic N) is 2. The number of ether oxygens (including phenoxy) is 4. The molecule has 2 N–H and O–H groups in total. The van der Waals surface area contributed by atoms with Gasteiger partial charge in [-0.3, -0.25) is 0 Å². The summed E-state index contributed by atoms with van der Waals surface area (Å²) in [6.45, 7) is 1.69. The number of piperazine rings is 1. The summed E-state index contributed by atoms with van der Waals surface area (Å²) in [6, 6.07) is 0. The molecule has 5 aliphatic rings. The lowest BCUT2D eigenvalue weighted by Gasteiger charge is -2.47. The lowest BCUT2D eigenvalue weighted by Crippen LogP contribution is -2.69. The van der Waals surface area contributed by atoms with Gasteiger partial charge in [0.2, 0.25) is 0 Å². The summed E-state index contributed by atoms with van der Waals surface area (Å²) in [5.41, 5.74) is -0.970. The van der Waals surface area contributed by atoms with Crippen LogP contribution in [0, 0.1) is 0 Å². The third kappa shape index (κ3) is 1.14. The van der Waals surface area contributed by atoms with Gasteiger partial charge in [0.1, 0.15) is 0 Å². The van der Waals surface area contributed by atoms with E-state index in [1.807, 2.05) is 0 Å². The van der Waals surface area contributed by atoms with Gasteiger partial charge >= 0.3 is 0 Å². The zero-order valence-corrected chi connectivity index (χ0v) is 11.0. The van der Waals surface area contributed by atoms with Crippen molar-refractivity contribution in [3.05, 3.63) is 0 Å². The molecular weight excluding hydrogens is 268 g/mol. The maximum Gasteiger partial charge on any atom is 0.153 e. The van der Waals surface area contributed by atoms with Crippen LogP contribution in [0.15, 0.2) is 0 Å². The topological polar surface area (TPSA) is 83.9 Å². The van der Waals surface area contributed by atoms with E-state index in [1.54, 1.807) is 0 Å². The second kappa shape index (κ2) is 3.71. The van der Waals surface area contributed by atoms with Crippen molar-refractivity contribution in [3.63, 3.8) is 0 Å². The molecule has 0 saturated carbocycles. The second-order valence-electron chi connectivity index (χ2n) is 6.39. The molecule has 8 nitrogen and oxygen atoms in total. The van der Waals surface area contributed by atoms with Gasteiger partial charge in [-0.25, -0.2) is 9.80 Å². The van der Waals surface area contributed by atoms with Crippen LogP contribution in [-0.4, -0.2) is 95.6 Å². The molecule has 5 saturated heterocycles. The average Bonchev–Trinajstić information content (AvgIpc) is 3.18. The summed E-state index contributed by atoms with van der Waals surface area (Å²) >= 11 is 0. The fraction of sp³-hybridized carbons (Fsp3) is 1.00. The Morgan fingerprint density at radius 3 is 1.25 bits per heavy atom. The Kier molecular flexibility index (Phi) is 2.27. The van der Waals surface area contributed by atoms with Crippen LogP contribution < -0.4 is 0 Å². The third-order valence-electron chi connectivity index (χ3n) is 5.36. The first-order valence-corrected chi connectivity index (χ1v) is 7.00. The fourth-order valence-electron chi connectivity index (χ4n) is 4.26. The monoisotopic (exact) mass is 286 g/mol. The minimum atomic E-state index is -0.485. The summed E-state index contributed by atoms with van der Waals surface area (Å²) in [5, 5.41) is 19.5. The van der Waals surface area contributed by atoms with E-state index in [-0.39, 0.29) is 38.1 Å². The van der Waals surface area contributed by atoms with Gasteiger partial charge in [-0.1, -0.05) is 0 Å². The Morgan fingerprint density at radius 1 is 0.700 bits per heavy atom. The molecule has 112 valence electrons. The van der Waals surface area contributed by atoms with Crippen LogP contribution in [0.4, 0.5) is 0 Å². The highest BCUT2D eigenvalue weighted by molar-refractivity contribution is 5.14. The number of aliphatic hydroxyl groups is 2. The molecule has 5 aliphatic heterocycles. The molecule has 6 atom stereocenters. The minimum Gasteiger partial charge on any atom is -0.394 e. The van der Waals surface area contributed by atoms with Crippen molar-refractivity contribution in [2.45, 2.75) is 36.0 Å². The number of hydrogen-bond acceptors (Lipinski definition) is 8. The van der Waals surface area contributed by atoms with E-state index >= 15 is 0 Å². The Morgan fingerprint density at radius 2 is 1.00 bits per heavy atom. The third-order valence-corrected chi connectivity index (χ3v) is 5.36. The first-order valence-electron chi connectivity index (χ1n) is 7.00. The van der Waals surface area contributed by atoms with Crippen molar-refractivity contribution in [3.8, 4) is 0 Å². The second-order valence-corrected chi connectivity index (χ2v) is 6.39. The van der Waals surface area contributed by atoms with Crippen molar-refractivity contribution < 1.29 is 29.2 Å². The van der Waals surface area contributed by atoms with Crippen LogP contribution in [-0.2, 0) is 18.9 Å². The average molecular weight is 286 g/mol. The predicted molar refractivity (Wildman–Crippen MR) is 62.3 cm³/mol. The van der Waals surface area contributed by atoms with Gasteiger partial charge in [0.15, 0.2) is 24.9 Å². The molecule has 0 spiro atoms. The molecule has 5 fully saturated rings. The largest absolute Gasteiger partial charge is 0.394 e. The molecule has 0 radical (unpaired) electrons. The van der Waals surface area contributed by atoms with Crippen molar-refractivity contribution in [1.29, 1.82) is 0 Å². The van der Waals surface area contributed by atoms with Gasteiger partial charge in [-0.2, -0.15) is 0 Å². The molecule has 20 heavy (non-hydrogen) atoms. The van der Waals surface area contributed by atoms with Crippen LogP contribution in [0.3, 0.4) is 0 Å². The highest BCUT2D eigenvalue weighted by atomic mass is 16.6. The van der Waals surface area contributed by atoms with Gasteiger partial charge in [0.25, 0.3) is 0 Å². The molecule has 0 aliphatic carbocycles. The Labute approximate surface area is 115 Å². The van der Waals surface area contributed by atoms with Gasteiger partial charge in [-0.05, 0) is 0 Å². The number of fused-ring (bicyclic) bond motifs is 2. The molecule has 5 rings (SSSR count). The first kappa shape index (κ1) is 12.2. The van der Waals surface area contributed by atoms with E-state index < -0.39 is 11.1 Å². The predicted octanol–water partition coefficient (Wildman–Crippen LogP) is -2.51. The lowest BCUT2D eigenvalue weighted by molar-refractivity contribution is -0.254. The maximum absolute atomic E-state index is 9.75. The Hall–Kier alpha value is -0.320. The van der Waals surface area contributed by atoms with Gasteiger partial charge < -0.3 is 29.2 Å². The van der Waals surface area contributed by atoms with Gasteiger partial charge in [0.05, 0.1) is 50.7 Å². The molecule has 0 aromatic heterocycles. The molecule has 0 aromatic carbocycles. The summed E-state index contributed by atoms with van der Waals surface area (Å²) in [5.74, 6) is 0. The molecule has 5 heterocycles. The van der Waals surface area contributed by atoms with Gasteiger partial charge in [-0.15, -0.1) is 0 Å². The van der Waals surface area contributed by atoms with Crippen LogP contribution in [0.25, 0.3) is 0 Å². The highest BCUT2D eigenvalue weighted by Gasteiger charge is 2.71. The van der Waals surface area contributed by atoms with Crippen molar-refractivity contribution >= 4 is 0 Å². The summed E-state index contributed by atoms with van der Waals surface area (Å²) in [4.78, 5) is 4.13. The SMILES string of the molecule is OCC12CO[C@@H]3[C@H]4OCC5(CO)CO[C@@H]([C@H](OC1)N32)N45. The Bertz CT molecular complexity index is 380. The minimum absolute atomic E-state index is 0.00934. The van der Waals surface area contributed by atoms with E-state index in [9.17, 15) is 10.2 Å². The molecule has 2 unspecified atom stereocenters. The molecule has 0 bridgehead atoms. The zero-order chi connectivity index (χ0) is 13.5. The molecular formula is C12H18N2O6. The number of aliphatic hydroxyl groups excluding tert-OH is 2. The standard InChI is InChI=1S/C12H18N2O6/c15-1-11-3-17-7-9-14-10(8(13(7)11)18-4-11)20-6-12(14,2-16)5-19-9/h7-10,15-16H,1-6H2/t7-,8+,9-,10+,11?,12?. The maximum atomic E-state index is 9.75. The Balaban J connectivity index is 1.59. The van der Waals surface area contributed by atoms with E-state index in [1.165, 1.54) is 0 Å². The number of hydrogen-bond donors (Lipinski definition) is 2. The van der Waals surface area contributed by atoms with E-state index in [4.69, 9.17) is 18.9 Å². The smallest absolute Gasteiger partial charge is 0.153 e. The highest BCUT2D eigenvalue weighted by Crippen LogP contribution is 2.51. The van der Waals surface area contributed by atoms with Crippen LogP contribution in [0.2, 0.25) is 0 Å². The summed E-state index contributed by atoms with van der Waals surface area (Å²) in [6.07, 6.45) is -1.11.